The number of rotatable bonds is 5. The van der Waals surface area contributed by atoms with Crippen LogP contribution in [0.3, 0.4) is 0 Å². The fourth-order valence-corrected chi connectivity index (χ4v) is 9.57. The van der Waals surface area contributed by atoms with Crippen molar-refractivity contribution < 1.29 is 20.4 Å². The van der Waals surface area contributed by atoms with E-state index in [4.69, 9.17) is 0 Å². The van der Waals surface area contributed by atoms with Gasteiger partial charge in [0, 0.05) is 0 Å². The molecule has 0 aliphatic heterocycles. The first-order valence-electron chi connectivity index (χ1n) is 23.4. The Hall–Kier alpha value is -3.92. The quantitative estimate of drug-likeness (QED) is 0.151. The Morgan fingerprint density at radius 2 is 0.413 bits per heavy atom. The van der Waals surface area contributed by atoms with Crippen LogP contribution in [0, 0.1) is 0 Å². The zero-order chi connectivity index (χ0) is 49.0. The molecule has 0 saturated heterocycles. The van der Waals surface area contributed by atoms with E-state index in [0.717, 1.165) is 66.8 Å². The lowest BCUT2D eigenvalue weighted by Gasteiger charge is -2.46. The summed E-state index contributed by atoms with van der Waals surface area (Å²) in [7, 11) is 0. The fourth-order valence-electron chi connectivity index (χ4n) is 9.57. The molecule has 4 nitrogen and oxygen atoms in total. The summed E-state index contributed by atoms with van der Waals surface area (Å²) >= 11 is 0. The second-order valence-electron chi connectivity index (χ2n) is 27.3. The van der Waals surface area contributed by atoms with Gasteiger partial charge in [-0.3, -0.25) is 0 Å². The van der Waals surface area contributed by atoms with Crippen molar-refractivity contribution in [3.63, 3.8) is 0 Å². The second-order valence-corrected chi connectivity index (χ2v) is 27.3. The number of hydrogen-bond donors (Lipinski definition) is 4. The van der Waals surface area contributed by atoms with Crippen LogP contribution in [0.2, 0.25) is 0 Å². The standard InChI is InChI=1S/C59H88O4/c1-34(35-26-39(51(2,3)4)47(60)40(27-35)52(5,6)7)59(36-28-41(53(8,9)10)48(61)42(29-36)54(11,12)13,37-30-43(55(14,15)16)49(62)44(31-37)56(17,18)19)38-32-45(57(20,21)22)50(63)46(33-38)58(23,24)25/h26-34,60-63H,1-25H3. The molecule has 0 fully saturated rings. The fraction of sp³-hybridized carbons (Fsp3) is 0.593. The summed E-state index contributed by atoms with van der Waals surface area (Å²) in [6, 6.07) is 17.9. The first-order chi connectivity index (χ1) is 27.9. The van der Waals surface area contributed by atoms with E-state index in [1.807, 2.05) is 0 Å². The van der Waals surface area contributed by atoms with E-state index in [2.05, 4.69) is 222 Å². The van der Waals surface area contributed by atoms with Gasteiger partial charge in [-0.1, -0.05) is 222 Å². The van der Waals surface area contributed by atoms with Crippen LogP contribution in [-0.4, -0.2) is 20.4 Å². The van der Waals surface area contributed by atoms with Crippen molar-refractivity contribution in [3.8, 4) is 23.0 Å². The van der Waals surface area contributed by atoms with Gasteiger partial charge in [0.15, 0.2) is 0 Å². The molecule has 0 aliphatic rings. The van der Waals surface area contributed by atoms with E-state index in [1.165, 1.54) is 0 Å². The van der Waals surface area contributed by atoms with Gasteiger partial charge >= 0.3 is 0 Å². The van der Waals surface area contributed by atoms with Crippen molar-refractivity contribution in [3.05, 3.63) is 115 Å². The van der Waals surface area contributed by atoms with Gasteiger partial charge in [-0.15, -0.1) is 0 Å². The van der Waals surface area contributed by atoms with Crippen LogP contribution in [0.1, 0.15) is 246 Å². The largest absolute Gasteiger partial charge is 0.507 e. The predicted molar refractivity (Wildman–Crippen MR) is 270 cm³/mol. The maximum Gasteiger partial charge on any atom is 0.123 e. The third-order valence-electron chi connectivity index (χ3n) is 13.4. The van der Waals surface area contributed by atoms with E-state index in [9.17, 15) is 20.4 Å². The molecule has 4 aromatic rings. The van der Waals surface area contributed by atoms with E-state index < -0.39 is 37.9 Å². The van der Waals surface area contributed by atoms with Crippen molar-refractivity contribution in [2.75, 3.05) is 0 Å². The molecule has 4 aromatic carbocycles. The van der Waals surface area contributed by atoms with Crippen LogP contribution in [0.25, 0.3) is 0 Å². The summed E-state index contributed by atoms with van der Waals surface area (Å²) in [5, 5.41) is 49.4. The smallest absolute Gasteiger partial charge is 0.123 e. The Balaban J connectivity index is 2.67. The van der Waals surface area contributed by atoms with E-state index in [-0.39, 0.29) is 16.7 Å². The molecule has 0 bridgehead atoms. The molecule has 4 rings (SSSR count). The van der Waals surface area contributed by atoms with Gasteiger partial charge in [-0.2, -0.15) is 0 Å². The number of aromatic hydroxyl groups is 4. The van der Waals surface area contributed by atoms with Crippen molar-refractivity contribution in [1.82, 2.24) is 0 Å². The van der Waals surface area contributed by atoms with E-state index in [0.29, 0.717) is 23.0 Å². The minimum absolute atomic E-state index is 0.308. The zero-order valence-corrected chi connectivity index (χ0v) is 44.5. The number of benzene rings is 4. The van der Waals surface area contributed by atoms with Crippen molar-refractivity contribution in [2.45, 2.75) is 228 Å². The molecule has 4 heteroatoms. The molecule has 0 aromatic heterocycles. The van der Waals surface area contributed by atoms with Gasteiger partial charge in [0.1, 0.15) is 23.0 Å². The van der Waals surface area contributed by atoms with Crippen LogP contribution in [0.15, 0.2) is 48.5 Å². The molecule has 0 aliphatic carbocycles. The van der Waals surface area contributed by atoms with E-state index in [1.54, 1.807) is 0 Å². The van der Waals surface area contributed by atoms with Gasteiger partial charge in [0.25, 0.3) is 0 Å². The molecule has 0 heterocycles. The summed E-state index contributed by atoms with van der Waals surface area (Å²) in [5.74, 6) is 0.935. The SMILES string of the molecule is CC(c1cc(C(C)(C)C)c(O)c(C(C)(C)C)c1)C(c1cc(C(C)(C)C)c(O)c(C(C)(C)C)c1)(c1cc(C(C)(C)C)c(O)c(C(C)(C)C)c1)c1cc(C(C)(C)C)c(O)c(C(C)(C)C)c1. The molecule has 63 heavy (non-hydrogen) atoms. The molecule has 0 radical (unpaired) electrons. The average molecular weight is 861 g/mol. The Morgan fingerprint density at radius 3 is 0.556 bits per heavy atom. The maximum atomic E-state index is 12.4. The number of hydrogen-bond acceptors (Lipinski definition) is 4. The predicted octanol–water partition coefficient (Wildman–Crippen LogP) is 16.0. The van der Waals surface area contributed by atoms with Crippen LogP contribution in [0.5, 0.6) is 23.0 Å². The van der Waals surface area contributed by atoms with Crippen molar-refractivity contribution in [1.29, 1.82) is 0 Å². The van der Waals surface area contributed by atoms with Crippen LogP contribution in [-0.2, 0) is 48.7 Å². The molecule has 4 N–H and O–H groups in total. The average Bonchev–Trinajstić information content (AvgIpc) is 3.05. The van der Waals surface area contributed by atoms with Crippen LogP contribution < -0.4 is 0 Å². The van der Waals surface area contributed by atoms with Gasteiger partial charge in [-0.25, -0.2) is 0 Å². The second kappa shape index (κ2) is 15.9. The first-order valence-corrected chi connectivity index (χ1v) is 23.4. The van der Waals surface area contributed by atoms with E-state index >= 15 is 0 Å². The van der Waals surface area contributed by atoms with Gasteiger partial charge < -0.3 is 20.4 Å². The molecule has 1 unspecified atom stereocenters. The lowest BCUT2D eigenvalue weighted by Crippen LogP contribution is -2.38. The Kier molecular flexibility index (Phi) is 13.1. The van der Waals surface area contributed by atoms with Gasteiger partial charge in [-0.05, 0) is 116 Å². The highest BCUT2D eigenvalue weighted by molar-refractivity contribution is 5.66. The molecule has 0 saturated carbocycles. The van der Waals surface area contributed by atoms with Crippen LogP contribution >= 0.6 is 0 Å². The monoisotopic (exact) mass is 861 g/mol. The molecular weight excluding hydrogens is 773 g/mol. The van der Waals surface area contributed by atoms with Gasteiger partial charge in [0.2, 0.25) is 0 Å². The summed E-state index contributed by atoms with van der Waals surface area (Å²) < 4.78 is 0. The third-order valence-corrected chi connectivity index (χ3v) is 13.4. The Bertz CT molecular complexity index is 2010. The van der Waals surface area contributed by atoms with Crippen molar-refractivity contribution >= 4 is 0 Å². The lowest BCUT2D eigenvalue weighted by molar-refractivity contribution is 0.410. The first kappa shape index (κ1) is 51.7. The molecule has 0 spiro atoms. The Morgan fingerprint density at radius 1 is 0.270 bits per heavy atom. The summed E-state index contributed by atoms with van der Waals surface area (Å²) in [6.07, 6.45) is 0. The number of phenols is 4. The lowest BCUT2D eigenvalue weighted by atomic mass is 9.57. The highest BCUT2D eigenvalue weighted by Crippen LogP contribution is 2.58. The summed E-state index contributed by atoms with van der Waals surface area (Å²) in [6.45, 7) is 54.3. The number of phenolic OH excluding ortho intramolecular Hbond substituents is 4. The Labute approximate surface area is 385 Å². The highest BCUT2D eigenvalue weighted by atomic mass is 16.3. The van der Waals surface area contributed by atoms with Crippen molar-refractivity contribution in [2.24, 2.45) is 0 Å². The molecule has 1 atom stereocenters. The minimum atomic E-state index is -1.02. The molecule has 348 valence electrons. The van der Waals surface area contributed by atoms with Crippen LogP contribution in [0.4, 0.5) is 0 Å². The zero-order valence-electron chi connectivity index (χ0n) is 44.5. The van der Waals surface area contributed by atoms with Gasteiger partial charge in [0.05, 0.1) is 5.41 Å². The third kappa shape index (κ3) is 9.86. The molecule has 0 amide bonds. The molecular formula is C59H88O4. The summed E-state index contributed by atoms with van der Waals surface area (Å²) in [4.78, 5) is 0. The maximum absolute atomic E-state index is 12.4. The summed E-state index contributed by atoms with van der Waals surface area (Å²) in [5.41, 5.74) is 6.63. The minimum Gasteiger partial charge on any atom is -0.507 e. The normalized spacial score (nSPS) is 14.6. The highest BCUT2D eigenvalue weighted by Gasteiger charge is 2.48. The topological polar surface area (TPSA) is 80.9 Å².